The molecular formula is C23H58F8O4S2. The highest BCUT2D eigenvalue weighted by Gasteiger charge is 2.64. The van der Waals surface area contributed by atoms with E-state index in [1.807, 2.05) is 12.5 Å². The second-order valence-electron chi connectivity index (χ2n) is 6.46. The summed E-state index contributed by atoms with van der Waals surface area (Å²) < 4.78 is 113. The molecule has 242 valence electrons. The number of sulfone groups is 1. The normalized spacial score (nSPS) is 8.92. The highest BCUT2D eigenvalue weighted by atomic mass is 32.2. The summed E-state index contributed by atoms with van der Waals surface area (Å²) in [6.07, 6.45) is -2.84. The van der Waals surface area contributed by atoms with Crippen LogP contribution in [0.1, 0.15) is 77.2 Å². The molecule has 37 heavy (non-hydrogen) atoms. The van der Waals surface area contributed by atoms with E-state index < -0.39 is 27.6 Å². The second kappa shape index (κ2) is 45.3. The van der Waals surface area contributed by atoms with Gasteiger partial charge in [-0.25, -0.2) is 8.42 Å². The van der Waals surface area contributed by atoms with Crippen LogP contribution >= 0.6 is 11.8 Å². The van der Waals surface area contributed by atoms with Gasteiger partial charge in [0.15, 0.2) is 5.41 Å². The first-order valence-electron chi connectivity index (χ1n) is 9.39. The van der Waals surface area contributed by atoms with Crippen molar-refractivity contribution in [2.45, 2.75) is 89.5 Å². The first-order chi connectivity index (χ1) is 14.9. The summed E-state index contributed by atoms with van der Waals surface area (Å²) in [4.78, 5) is 9.44. The molecule has 0 rings (SSSR count). The Morgan fingerprint density at radius 1 is 0.784 bits per heavy atom. The maximum atomic E-state index is 11.6. The zero-order chi connectivity index (χ0) is 30.4. The van der Waals surface area contributed by atoms with E-state index in [-0.39, 0.29) is 48.6 Å². The monoisotopic (exact) mass is 614 g/mol. The van der Waals surface area contributed by atoms with Crippen molar-refractivity contribution in [2.75, 3.05) is 53.1 Å². The highest BCUT2D eigenvalue weighted by molar-refractivity contribution is 7.97. The van der Waals surface area contributed by atoms with Crippen molar-refractivity contribution < 1.29 is 53.1 Å². The van der Waals surface area contributed by atoms with Crippen LogP contribution in [-0.4, -0.2) is 79.6 Å². The molecule has 4 nitrogen and oxygen atoms in total. The predicted molar refractivity (Wildman–Crippen MR) is 150 cm³/mol. The number of carbonyl (C=O) groups is 1. The fourth-order valence-electron chi connectivity index (χ4n) is 0.161. The third-order valence-electron chi connectivity index (χ3n) is 1.42. The van der Waals surface area contributed by atoms with Crippen molar-refractivity contribution in [2.24, 2.45) is 5.41 Å². The summed E-state index contributed by atoms with van der Waals surface area (Å²) in [7, 11) is 1.08. The molecule has 0 saturated heterocycles. The lowest BCUT2D eigenvalue weighted by atomic mass is 9.92. The minimum Gasteiger partial charge on any atom is -0.388 e. The van der Waals surface area contributed by atoms with Crippen LogP contribution in [0.25, 0.3) is 0 Å². The zero-order valence-corrected chi connectivity index (χ0v) is 24.5. The van der Waals surface area contributed by atoms with Gasteiger partial charge < -0.3 is 9.53 Å². The quantitative estimate of drug-likeness (QED) is 0.254. The van der Waals surface area contributed by atoms with Crippen LogP contribution in [0.3, 0.4) is 0 Å². The third-order valence-corrected chi connectivity index (χ3v) is 1.42. The van der Waals surface area contributed by atoms with Gasteiger partial charge in [-0.1, -0.05) is 42.5 Å². The minimum absolute atomic E-state index is 0. The third kappa shape index (κ3) is 131. The van der Waals surface area contributed by atoms with Crippen molar-refractivity contribution in [3.8, 4) is 0 Å². The molecular weight excluding hydrogens is 556 g/mol. The number of hydrogen-bond acceptors (Lipinski definition) is 5. The van der Waals surface area contributed by atoms with Crippen molar-refractivity contribution >= 4 is 27.4 Å². The first kappa shape index (κ1) is 70.7. The summed E-state index contributed by atoms with van der Waals surface area (Å²) in [5.41, 5.74) is -3.62. The lowest BCUT2D eigenvalue weighted by Gasteiger charge is -2.29. The molecule has 0 spiro atoms. The van der Waals surface area contributed by atoms with E-state index in [2.05, 4.69) is 18.6 Å². The van der Waals surface area contributed by atoms with Gasteiger partial charge in [0.2, 0.25) is 0 Å². The van der Waals surface area contributed by atoms with Gasteiger partial charge in [0.05, 0.1) is 13.9 Å². The maximum absolute atomic E-state index is 11.6. The first-order valence-corrected chi connectivity index (χ1v) is 13.3. The number of ether oxygens (including phenoxy) is 1. The Morgan fingerprint density at radius 2 is 0.838 bits per heavy atom. The van der Waals surface area contributed by atoms with E-state index in [1.165, 1.54) is 27.2 Å². The van der Waals surface area contributed by atoms with E-state index in [0.717, 1.165) is 12.5 Å². The van der Waals surface area contributed by atoms with Crippen LogP contribution in [0, 0.1) is 5.41 Å². The largest absolute Gasteiger partial charge is 0.402 e. The standard InChI is InChI=1S/C5H6F6.C3H6O.C3H8.C2H5F.C2H6O2S.C2H6O.C2H6S.CH3F.3CH4/c1-3(2,4(6,7)8)5(9,10)11;1-3(2)4;1-3-2;1-2-3;1-5(2,3)4;2*1-3-2;1-2;;;/h1-2H3;1-2H3;3H2,1-2H3;2H2,1H3;1-2H3;2*1-2H3;1H3;3*1H4. The van der Waals surface area contributed by atoms with Gasteiger partial charge in [-0.15, -0.1) is 0 Å². The molecule has 0 aliphatic rings. The van der Waals surface area contributed by atoms with Crippen molar-refractivity contribution in [3.05, 3.63) is 0 Å². The van der Waals surface area contributed by atoms with E-state index >= 15 is 0 Å². The topological polar surface area (TPSA) is 60.4 Å². The molecule has 0 aromatic carbocycles. The van der Waals surface area contributed by atoms with E-state index in [4.69, 9.17) is 0 Å². The summed E-state index contributed by atoms with van der Waals surface area (Å²) in [5.74, 6) is 0.167. The van der Waals surface area contributed by atoms with Gasteiger partial charge in [0, 0.05) is 26.7 Å². The van der Waals surface area contributed by atoms with Crippen LogP contribution in [0.4, 0.5) is 35.1 Å². The van der Waals surface area contributed by atoms with Crippen LogP contribution in [-0.2, 0) is 19.4 Å². The van der Waals surface area contributed by atoms with Gasteiger partial charge in [0.1, 0.15) is 15.6 Å². The zero-order valence-electron chi connectivity index (χ0n) is 22.9. The Kier molecular flexibility index (Phi) is 86.6. The molecule has 0 aliphatic carbocycles. The van der Waals surface area contributed by atoms with Gasteiger partial charge >= 0.3 is 12.4 Å². The van der Waals surface area contributed by atoms with Gasteiger partial charge in [-0.3, -0.25) is 8.78 Å². The Labute approximate surface area is 228 Å². The number of alkyl halides is 8. The van der Waals surface area contributed by atoms with E-state index in [0.29, 0.717) is 7.18 Å². The molecule has 0 fully saturated rings. The van der Waals surface area contributed by atoms with Gasteiger partial charge in [-0.05, 0) is 47.1 Å². The van der Waals surface area contributed by atoms with E-state index in [1.54, 1.807) is 26.0 Å². The lowest BCUT2D eigenvalue weighted by molar-refractivity contribution is -0.327. The maximum Gasteiger partial charge on any atom is 0.402 e. The number of ketones is 1. The predicted octanol–water partition coefficient (Wildman–Crippen LogP) is 9.52. The van der Waals surface area contributed by atoms with Gasteiger partial charge in [0.25, 0.3) is 0 Å². The highest BCUT2D eigenvalue weighted by Crippen LogP contribution is 2.49. The summed E-state index contributed by atoms with van der Waals surface area (Å²) in [6, 6.07) is 0. The summed E-state index contributed by atoms with van der Waals surface area (Å²) in [6.45, 7) is 8.72. The second-order valence-corrected chi connectivity index (χ2v) is 9.56. The molecule has 0 bridgehead atoms. The number of Topliss-reactive ketones (excluding diaryl/α,β-unsaturated/α-hetero) is 1. The Morgan fingerprint density at radius 3 is 0.838 bits per heavy atom. The summed E-state index contributed by atoms with van der Waals surface area (Å²) >= 11 is 1.75. The number of thioether (sulfide) groups is 1. The van der Waals surface area contributed by atoms with Crippen LogP contribution in [0.15, 0.2) is 0 Å². The minimum atomic E-state index is -5.24. The number of rotatable bonds is 0. The molecule has 0 radical (unpaired) electrons. The number of halogens is 8. The SMILES string of the molecule is C.C.C.CC(C)(C(F)(F)F)C(F)(F)F.CC(C)=O.CCC.CCF.CF.COC.CS(C)(=O)=O.CSC. The molecule has 0 saturated carbocycles. The number of hydrogen-bond donors (Lipinski definition) is 0. The molecule has 14 heteroatoms. The average molecular weight is 615 g/mol. The Hall–Kier alpha value is -0.630. The molecule has 0 aromatic heterocycles. The lowest BCUT2D eigenvalue weighted by Crippen LogP contribution is -2.44. The molecule has 0 N–H and O–H groups in total. The fourth-order valence-corrected chi connectivity index (χ4v) is 0.161. The van der Waals surface area contributed by atoms with E-state index in [9.17, 15) is 48.3 Å². The van der Waals surface area contributed by atoms with Crippen molar-refractivity contribution in [3.63, 3.8) is 0 Å². The molecule has 0 amide bonds. The Balaban J connectivity index is -0.0000000250. The van der Waals surface area contributed by atoms with Crippen molar-refractivity contribution in [1.29, 1.82) is 0 Å². The molecule has 0 unspecified atom stereocenters. The molecule has 0 aromatic rings. The molecule has 0 heterocycles. The number of methoxy groups -OCH3 is 1. The van der Waals surface area contributed by atoms with Gasteiger partial charge in [-0.2, -0.15) is 38.1 Å². The van der Waals surface area contributed by atoms with Crippen LogP contribution in [0.5, 0.6) is 0 Å². The average Bonchev–Trinajstić information content (AvgIpc) is 2.55. The van der Waals surface area contributed by atoms with Crippen LogP contribution in [0.2, 0.25) is 0 Å². The Bertz CT molecular complexity index is 432. The fraction of sp³-hybridized carbons (Fsp3) is 0.957. The smallest absolute Gasteiger partial charge is 0.388 e. The molecule has 0 aliphatic heterocycles. The van der Waals surface area contributed by atoms with Crippen LogP contribution < -0.4 is 0 Å². The van der Waals surface area contributed by atoms with Crippen molar-refractivity contribution in [1.82, 2.24) is 0 Å². The number of carbonyl (C=O) groups excluding carboxylic acids is 1. The molecule has 0 atom stereocenters. The summed E-state index contributed by atoms with van der Waals surface area (Å²) in [5, 5.41) is 0.